The summed E-state index contributed by atoms with van der Waals surface area (Å²) in [5.74, 6) is 0.311. The molecule has 1 aliphatic carbocycles. The monoisotopic (exact) mass is 246 g/mol. The SMILES string of the molecule is CNC(C)c1ccccc1NC(=O)C1CC1(C)C. The number of rotatable bonds is 4. The number of carbonyl (C=O) groups is 1. The molecule has 1 fully saturated rings. The number of amides is 1. The molecule has 18 heavy (non-hydrogen) atoms. The maximum absolute atomic E-state index is 12.1. The smallest absolute Gasteiger partial charge is 0.228 e. The Bertz CT molecular complexity index is 454. The zero-order valence-corrected chi connectivity index (χ0v) is 11.6. The zero-order valence-electron chi connectivity index (χ0n) is 11.6. The molecule has 0 radical (unpaired) electrons. The third kappa shape index (κ3) is 2.56. The minimum Gasteiger partial charge on any atom is -0.326 e. The molecule has 2 rings (SSSR count). The van der Waals surface area contributed by atoms with Crippen molar-refractivity contribution in [3.63, 3.8) is 0 Å². The van der Waals surface area contributed by atoms with Crippen LogP contribution in [0.5, 0.6) is 0 Å². The van der Waals surface area contributed by atoms with E-state index in [-0.39, 0.29) is 23.3 Å². The van der Waals surface area contributed by atoms with Crippen LogP contribution in [-0.2, 0) is 4.79 Å². The first-order valence-corrected chi connectivity index (χ1v) is 6.53. The number of nitrogens with one attached hydrogen (secondary N) is 2. The Kier molecular flexibility index (Phi) is 3.44. The highest BCUT2D eigenvalue weighted by Crippen LogP contribution is 2.52. The maximum atomic E-state index is 12.1. The van der Waals surface area contributed by atoms with Gasteiger partial charge in [0, 0.05) is 17.6 Å². The Labute approximate surface area is 109 Å². The molecule has 0 aliphatic heterocycles. The second-order valence-electron chi connectivity index (χ2n) is 5.83. The summed E-state index contributed by atoms with van der Waals surface area (Å²) >= 11 is 0. The van der Waals surface area contributed by atoms with Gasteiger partial charge in [-0.05, 0) is 37.4 Å². The highest BCUT2D eigenvalue weighted by Gasteiger charge is 2.50. The summed E-state index contributed by atoms with van der Waals surface area (Å²) in [7, 11) is 1.92. The van der Waals surface area contributed by atoms with Crippen LogP contribution in [0.25, 0.3) is 0 Å². The molecule has 1 amide bonds. The van der Waals surface area contributed by atoms with E-state index in [9.17, 15) is 4.79 Å². The van der Waals surface area contributed by atoms with Crippen LogP contribution in [0.2, 0.25) is 0 Å². The van der Waals surface area contributed by atoms with Gasteiger partial charge in [0.15, 0.2) is 0 Å². The fourth-order valence-corrected chi connectivity index (χ4v) is 2.28. The Hall–Kier alpha value is -1.35. The molecule has 0 spiro atoms. The van der Waals surface area contributed by atoms with Crippen LogP contribution >= 0.6 is 0 Å². The van der Waals surface area contributed by atoms with Gasteiger partial charge in [0.1, 0.15) is 0 Å². The first-order chi connectivity index (χ1) is 8.45. The molecule has 2 N–H and O–H groups in total. The molecule has 3 nitrogen and oxygen atoms in total. The van der Waals surface area contributed by atoms with E-state index in [0.29, 0.717) is 0 Å². The summed E-state index contributed by atoms with van der Waals surface area (Å²) in [6.45, 7) is 6.37. The highest BCUT2D eigenvalue weighted by atomic mass is 16.2. The highest BCUT2D eigenvalue weighted by molar-refractivity contribution is 5.95. The molecule has 2 unspecified atom stereocenters. The van der Waals surface area contributed by atoms with Gasteiger partial charge in [-0.3, -0.25) is 4.79 Å². The van der Waals surface area contributed by atoms with Gasteiger partial charge in [0.2, 0.25) is 5.91 Å². The standard InChI is InChI=1S/C15H22N2O/c1-10(16-4)11-7-5-6-8-13(11)17-14(18)12-9-15(12,2)3/h5-8,10,12,16H,9H2,1-4H3,(H,17,18). The molecular weight excluding hydrogens is 224 g/mol. The van der Waals surface area contributed by atoms with Gasteiger partial charge in [0.25, 0.3) is 0 Å². The van der Waals surface area contributed by atoms with Gasteiger partial charge in [-0.25, -0.2) is 0 Å². The molecule has 3 heteroatoms. The van der Waals surface area contributed by atoms with Crippen molar-refractivity contribution in [2.75, 3.05) is 12.4 Å². The van der Waals surface area contributed by atoms with Gasteiger partial charge in [-0.15, -0.1) is 0 Å². The Morgan fingerprint density at radius 3 is 2.56 bits per heavy atom. The lowest BCUT2D eigenvalue weighted by molar-refractivity contribution is -0.118. The average Bonchev–Trinajstić information content (AvgIpc) is 2.98. The van der Waals surface area contributed by atoms with Crippen LogP contribution in [0, 0.1) is 11.3 Å². The van der Waals surface area contributed by atoms with Crippen molar-refractivity contribution >= 4 is 11.6 Å². The minimum absolute atomic E-state index is 0.149. The van der Waals surface area contributed by atoms with Gasteiger partial charge in [0.05, 0.1) is 0 Å². The normalized spacial score (nSPS) is 22.3. The largest absolute Gasteiger partial charge is 0.326 e. The van der Waals surface area contributed by atoms with Crippen molar-refractivity contribution in [1.82, 2.24) is 5.32 Å². The van der Waals surface area contributed by atoms with Crippen molar-refractivity contribution in [2.24, 2.45) is 11.3 Å². The Morgan fingerprint density at radius 2 is 2.00 bits per heavy atom. The van der Waals surface area contributed by atoms with E-state index in [1.165, 1.54) is 0 Å². The van der Waals surface area contributed by atoms with Crippen molar-refractivity contribution in [3.05, 3.63) is 29.8 Å². The van der Waals surface area contributed by atoms with Crippen LogP contribution in [0.1, 0.15) is 38.8 Å². The molecule has 1 aliphatic rings. The lowest BCUT2D eigenvalue weighted by atomic mass is 10.1. The molecule has 0 bridgehead atoms. The summed E-state index contributed by atoms with van der Waals surface area (Å²) in [6, 6.07) is 8.21. The number of anilines is 1. The van der Waals surface area contributed by atoms with Crippen LogP contribution < -0.4 is 10.6 Å². The summed E-state index contributed by atoms with van der Waals surface area (Å²) in [5, 5.41) is 6.27. The Balaban J connectivity index is 2.12. The molecule has 1 aromatic carbocycles. The number of carbonyl (C=O) groups excluding carboxylic acids is 1. The van der Waals surface area contributed by atoms with Crippen LogP contribution in [0.3, 0.4) is 0 Å². The number of para-hydroxylation sites is 1. The predicted octanol–water partition coefficient (Wildman–Crippen LogP) is 2.95. The molecular formula is C15H22N2O. The van der Waals surface area contributed by atoms with E-state index in [2.05, 4.69) is 37.5 Å². The van der Waals surface area contributed by atoms with Crippen molar-refractivity contribution < 1.29 is 4.79 Å². The summed E-state index contributed by atoms with van der Waals surface area (Å²) in [5.41, 5.74) is 2.23. The fourth-order valence-electron chi connectivity index (χ4n) is 2.28. The number of benzene rings is 1. The van der Waals surface area contributed by atoms with E-state index in [1.807, 2.05) is 25.2 Å². The number of hydrogen-bond acceptors (Lipinski definition) is 2. The summed E-state index contributed by atoms with van der Waals surface area (Å²) in [4.78, 5) is 12.1. The molecule has 1 saturated carbocycles. The summed E-state index contributed by atoms with van der Waals surface area (Å²) < 4.78 is 0. The second kappa shape index (κ2) is 4.73. The summed E-state index contributed by atoms with van der Waals surface area (Å²) in [6.07, 6.45) is 0.989. The third-order valence-corrected chi connectivity index (χ3v) is 3.95. The van der Waals surface area contributed by atoms with Crippen LogP contribution in [0.15, 0.2) is 24.3 Å². The van der Waals surface area contributed by atoms with E-state index in [4.69, 9.17) is 0 Å². The van der Waals surface area contributed by atoms with Gasteiger partial charge < -0.3 is 10.6 Å². The molecule has 2 atom stereocenters. The van der Waals surface area contributed by atoms with Gasteiger partial charge in [-0.2, -0.15) is 0 Å². The molecule has 1 aromatic rings. The van der Waals surface area contributed by atoms with Crippen molar-refractivity contribution in [1.29, 1.82) is 0 Å². The molecule has 0 heterocycles. The van der Waals surface area contributed by atoms with Crippen molar-refractivity contribution in [2.45, 2.75) is 33.2 Å². The van der Waals surface area contributed by atoms with Crippen LogP contribution in [-0.4, -0.2) is 13.0 Å². The van der Waals surface area contributed by atoms with E-state index >= 15 is 0 Å². The topological polar surface area (TPSA) is 41.1 Å². The van der Waals surface area contributed by atoms with E-state index < -0.39 is 0 Å². The van der Waals surface area contributed by atoms with Crippen molar-refractivity contribution in [3.8, 4) is 0 Å². The fraction of sp³-hybridized carbons (Fsp3) is 0.533. The second-order valence-corrected chi connectivity index (χ2v) is 5.83. The lowest BCUT2D eigenvalue weighted by Crippen LogP contribution is -2.20. The van der Waals surface area contributed by atoms with E-state index in [1.54, 1.807) is 0 Å². The maximum Gasteiger partial charge on any atom is 0.228 e. The quantitative estimate of drug-likeness (QED) is 0.857. The van der Waals surface area contributed by atoms with Gasteiger partial charge >= 0.3 is 0 Å². The molecule has 98 valence electrons. The minimum atomic E-state index is 0.149. The third-order valence-electron chi connectivity index (χ3n) is 3.95. The first kappa shape index (κ1) is 13.1. The molecule has 0 aromatic heterocycles. The van der Waals surface area contributed by atoms with Gasteiger partial charge in [-0.1, -0.05) is 32.0 Å². The predicted molar refractivity (Wildman–Crippen MR) is 74.4 cm³/mol. The van der Waals surface area contributed by atoms with Crippen LogP contribution in [0.4, 0.5) is 5.69 Å². The van der Waals surface area contributed by atoms with E-state index in [0.717, 1.165) is 17.7 Å². The lowest BCUT2D eigenvalue weighted by Gasteiger charge is -2.16. The Morgan fingerprint density at radius 1 is 1.39 bits per heavy atom. The molecule has 0 saturated heterocycles. The first-order valence-electron chi connectivity index (χ1n) is 6.53. The average molecular weight is 246 g/mol. The zero-order chi connectivity index (χ0) is 13.3. The number of hydrogen-bond donors (Lipinski definition) is 2.